The van der Waals surface area contributed by atoms with E-state index in [4.69, 9.17) is 5.11 Å². The third-order valence-corrected chi connectivity index (χ3v) is 1.37. The van der Waals surface area contributed by atoms with Crippen LogP contribution in [0.1, 0.15) is 13.8 Å². The number of rotatable bonds is 2. The van der Waals surface area contributed by atoms with E-state index >= 15 is 0 Å². The van der Waals surface area contributed by atoms with E-state index in [1.807, 2.05) is 0 Å². The Labute approximate surface area is 74.9 Å². The van der Waals surface area contributed by atoms with Crippen LogP contribution in [0.5, 0.6) is 0 Å². The normalized spacial score (nSPS) is 14.5. The standard InChI is InChI=1S/C9H11F3O/c1-4-7(9(10,11)12)5-8(13)6(2)3/h4-5,13H,2H2,1,3H3/b7-4?,8-5+. The lowest BCUT2D eigenvalue weighted by atomic mass is 10.1. The molecular weight excluding hydrogens is 181 g/mol. The van der Waals surface area contributed by atoms with E-state index in [1.54, 1.807) is 0 Å². The molecule has 0 aliphatic heterocycles. The van der Waals surface area contributed by atoms with Crippen LogP contribution < -0.4 is 0 Å². The third-order valence-electron chi connectivity index (χ3n) is 1.37. The van der Waals surface area contributed by atoms with Gasteiger partial charge in [-0.05, 0) is 25.5 Å². The molecule has 74 valence electrons. The Kier molecular flexibility index (Phi) is 3.78. The van der Waals surface area contributed by atoms with Gasteiger partial charge in [-0.1, -0.05) is 12.7 Å². The second kappa shape index (κ2) is 4.16. The first-order valence-corrected chi connectivity index (χ1v) is 3.59. The van der Waals surface area contributed by atoms with Crippen molar-refractivity contribution in [2.24, 2.45) is 0 Å². The fourth-order valence-electron chi connectivity index (χ4n) is 0.599. The molecule has 0 fully saturated rings. The van der Waals surface area contributed by atoms with Gasteiger partial charge in [-0.3, -0.25) is 0 Å². The number of allylic oxidation sites excluding steroid dienone is 4. The molecule has 13 heavy (non-hydrogen) atoms. The Morgan fingerprint density at radius 3 is 2.08 bits per heavy atom. The molecule has 0 aromatic rings. The van der Waals surface area contributed by atoms with Gasteiger partial charge in [-0.2, -0.15) is 13.2 Å². The smallest absolute Gasteiger partial charge is 0.416 e. The number of aliphatic hydroxyl groups is 1. The van der Waals surface area contributed by atoms with Crippen LogP contribution in [-0.4, -0.2) is 11.3 Å². The van der Waals surface area contributed by atoms with Gasteiger partial charge >= 0.3 is 6.18 Å². The predicted octanol–water partition coefficient (Wildman–Crippen LogP) is 3.51. The molecule has 0 atom stereocenters. The molecule has 0 unspecified atom stereocenters. The van der Waals surface area contributed by atoms with E-state index in [1.165, 1.54) is 13.8 Å². The molecule has 1 nitrogen and oxygen atoms in total. The largest absolute Gasteiger partial charge is 0.508 e. The number of halogens is 3. The van der Waals surface area contributed by atoms with Gasteiger partial charge in [-0.15, -0.1) is 0 Å². The first kappa shape index (κ1) is 11.8. The van der Waals surface area contributed by atoms with Crippen molar-refractivity contribution in [3.63, 3.8) is 0 Å². The highest BCUT2D eigenvalue weighted by Gasteiger charge is 2.31. The monoisotopic (exact) mass is 192 g/mol. The van der Waals surface area contributed by atoms with E-state index < -0.39 is 17.5 Å². The van der Waals surface area contributed by atoms with Crippen LogP contribution in [0, 0.1) is 0 Å². The molecule has 0 aliphatic carbocycles. The van der Waals surface area contributed by atoms with Crippen LogP contribution in [0.25, 0.3) is 0 Å². The SMILES string of the molecule is C=C(C)/C(O)=C\C(=CC)C(F)(F)F. The minimum atomic E-state index is -4.43. The van der Waals surface area contributed by atoms with Crippen LogP contribution >= 0.6 is 0 Å². The van der Waals surface area contributed by atoms with Gasteiger partial charge in [0.1, 0.15) is 5.76 Å². The lowest BCUT2D eigenvalue weighted by Gasteiger charge is -2.07. The average molecular weight is 192 g/mol. The summed E-state index contributed by atoms with van der Waals surface area (Å²) < 4.78 is 36.3. The quantitative estimate of drug-likeness (QED) is 0.524. The Morgan fingerprint density at radius 2 is 1.85 bits per heavy atom. The van der Waals surface area contributed by atoms with Crippen molar-refractivity contribution in [2.75, 3.05) is 0 Å². The van der Waals surface area contributed by atoms with Crippen molar-refractivity contribution in [3.05, 3.63) is 35.6 Å². The first-order valence-electron chi connectivity index (χ1n) is 3.59. The molecule has 0 spiro atoms. The van der Waals surface area contributed by atoms with Gasteiger partial charge in [0.05, 0.1) is 5.57 Å². The Morgan fingerprint density at radius 1 is 1.38 bits per heavy atom. The minimum absolute atomic E-state index is 0.198. The van der Waals surface area contributed by atoms with Crippen LogP contribution in [0.3, 0.4) is 0 Å². The second-order valence-electron chi connectivity index (χ2n) is 2.55. The highest BCUT2D eigenvalue weighted by molar-refractivity contribution is 5.32. The number of hydrogen-bond acceptors (Lipinski definition) is 1. The summed E-state index contributed by atoms with van der Waals surface area (Å²) in [6.07, 6.45) is -2.89. The average Bonchev–Trinajstić information content (AvgIpc) is 1.96. The predicted molar refractivity (Wildman–Crippen MR) is 45.3 cm³/mol. The Bertz CT molecular complexity index is 259. The van der Waals surface area contributed by atoms with Crippen molar-refractivity contribution >= 4 is 0 Å². The summed E-state index contributed by atoms with van der Waals surface area (Å²) in [7, 11) is 0. The summed E-state index contributed by atoms with van der Waals surface area (Å²) in [5.74, 6) is -0.453. The van der Waals surface area contributed by atoms with Crippen molar-refractivity contribution < 1.29 is 18.3 Å². The zero-order valence-corrected chi connectivity index (χ0v) is 7.44. The van der Waals surface area contributed by atoms with Gasteiger partial charge in [0.25, 0.3) is 0 Å². The van der Waals surface area contributed by atoms with Gasteiger partial charge < -0.3 is 5.11 Å². The van der Waals surface area contributed by atoms with E-state index in [2.05, 4.69) is 6.58 Å². The van der Waals surface area contributed by atoms with E-state index in [-0.39, 0.29) is 5.57 Å². The topological polar surface area (TPSA) is 20.2 Å². The van der Waals surface area contributed by atoms with E-state index in [0.29, 0.717) is 6.08 Å². The third kappa shape index (κ3) is 3.83. The van der Waals surface area contributed by atoms with Crippen LogP contribution in [0.15, 0.2) is 35.6 Å². The second-order valence-corrected chi connectivity index (χ2v) is 2.55. The van der Waals surface area contributed by atoms with Crippen molar-refractivity contribution in [1.82, 2.24) is 0 Å². The summed E-state index contributed by atoms with van der Waals surface area (Å²) in [5.41, 5.74) is -0.684. The van der Waals surface area contributed by atoms with Gasteiger partial charge in [0.15, 0.2) is 0 Å². The molecule has 0 rings (SSSR count). The van der Waals surface area contributed by atoms with Crippen molar-refractivity contribution in [2.45, 2.75) is 20.0 Å². The Balaban J connectivity index is 4.87. The molecule has 0 bridgehead atoms. The highest BCUT2D eigenvalue weighted by atomic mass is 19.4. The van der Waals surface area contributed by atoms with Crippen molar-refractivity contribution in [1.29, 1.82) is 0 Å². The van der Waals surface area contributed by atoms with Crippen LogP contribution in [0.4, 0.5) is 13.2 Å². The van der Waals surface area contributed by atoms with Gasteiger partial charge in [0.2, 0.25) is 0 Å². The maximum absolute atomic E-state index is 12.1. The molecule has 0 radical (unpaired) electrons. The molecule has 0 heterocycles. The summed E-state index contributed by atoms with van der Waals surface area (Å²) in [5, 5.41) is 9.01. The zero-order chi connectivity index (χ0) is 10.6. The maximum Gasteiger partial charge on any atom is 0.416 e. The molecule has 4 heteroatoms. The summed E-state index contributed by atoms with van der Waals surface area (Å²) in [4.78, 5) is 0. The number of alkyl halides is 3. The zero-order valence-electron chi connectivity index (χ0n) is 7.44. The molecule has 1 N–H and O–H groups in total. The highest BCUT2D eigenvalue weighted by Crippen LogP contribution is 2.27. The molecular formula is C9H11F3O. The maximum atomic E-state index is 12.1. The van der Waals surface area contributed by atoms with E-state index in [9.17, 15) is 13.2 Å². The molecule has 0 amide bonds. The molecule has 0 saturated carbocycles. The molecule has 0 aliphatic rings. The van der Waals surface area contributed by atoms with Gasteiger partial charge in [-0.25, -0.2) is 0 Å². The fraction of sp³-hybridized carbons (Fsp3) is 0.333. The number of hydrogen-bond donors (Lipinski definition) is 1. The van der Waals surface area contributed by atoms with Crippen LogP contribution in [0.2, 0.25) is 0 Å². The fourth-order valence-corrected chi connectivity index (χ4v) is 0.599. The molecule has 0 saturated heterocycles. The van der Waals surface area contributed by atoms with E-state index in [0.717, 1.165) is 6.08 Å². The summed E-state index contributed by atoms with van der Waals surface area (Å²) in [6, 6.07) is 0. The lowest BCUT2D eigenvalue weighted by molar-refractivity contribution is -0.0885. The van der Waals surface area contributed by atoms with Gasteiger partial charge in [0, 0.05) is 0 Å². The van der Waals surface area contributed by atoms with Crippen molar-refractivity contribution in [3.8, 4) is 0 Å². The summed E-state index contributed by atoms with van der Waals surface area (Å²) in [6.45, 7) is 5.99. The molecule has 0 aromatic heterocycles. The Hall–Kier alpha value is -1.19. The lowest BCUT2D eigenvalue weighted by Crippen LogP contribution is -2.10. The number of aliphatic hydroxyl groups excluding tert-OH is 1. The first-order chi connectivity index (χ1) is 5.79. The van der Waals surface area contributed by atoms with Crippen LogP contribution in [-0.2, 0) is 0 Å². The summed E-state index contributed by atoms with van der Waals surface area (Å²) >= 11 is 0. The minimum Gasteiger partial charge on any atom is -0.508 e. The molecule has 0 aromatic carbocycles.